The fourth-order valence-electron chi connectivity index (χ4n) is 6.07. The first-order chi connectivity index (χ1) is 19.6. The van der Waals surface area contributed by atoms with Crippen LogP contribution in [0.15, 0.2) is 37.2 Å². The number of hydrogen-bond donors (Lipinski definition) is 0. The van der Waals surface area contributed by atoms with E-state index < -0.39 is 7.92 Å². The summed E-state index contributed by atoms with van der Waals surface area (Å²) >= 11 is 0. The van der Waals surface area contributed by atoms with Gasteiger partial charge in [0, 0.05) is 55.3 Å². The summed E-state index contributed by atoms with van der Waals surface area (Å²) in [5.41, 5.74) is 3.47. The van der Waals surface area contributed by atoms with Crippen LogP contribution < -0.4 is 16.7 Å². The van der Waals surface area contributed by atoms with Crippen molar-refractivity contribution < 1.29 is 0 Å². The molecule has 3 atom stereocenters. The van der Waals surface area contributed by atoms with Crippen LogP contribution in [0.5, 0.6) is 0 Å². The maximum atomic E-state index is 5.11. The number of aromatic nitrogens is 6. The maximum absolute atomic E-state index is 5.11. The smallest absolute Gasteiger partial charge is 0.147 e. The van der Waals surface area contributed by atoms with Crippen molar-refractivity contribution >= 4 is 24.6 Å². The van der Waals surface area contributed by atoms with E-state index in [1.807, 2.05) is 18.6 Å². The van der Waals surface area contributed by atoms with Crippen molar-refractivity contribution in [2.24, 2.45) is 0 Å². The third-order valence-electron chi connectivity index (χ3n) is 8.56. The molecule has 0 N–H and O–H groups in total. The van der Waals surface area contributed by atoms with Gasteiger partial charge in [-0.1, -0.05) is 99.3 Å². The van der Waals surface area contributed by atoms with E-state index in [1.165, 1.54) is 77.0 Å². The molecule has 0 amide bonds. The van der Waals surface area contributed by atoms with Gasteiger partial charge in [-0.25, -0.2) is 15.0 Å². The molecule has 3 rings (SSSR count). The van der Waals surface area contributed by atoms with E-state index in [0.717, 1.165) is 36.0 Å². The Morgan fingerprint density at radius 1 is 0.500 bits per heavy atom. The summed E-state index contributed by atoms with van der Waals surface area (Å²) in [6.45, 7) is 13.8. The van der Waals surface area contributed by atoms with Crippen LogP contribution in [0.25, 0.3) is 0 Å². The van der Waals surface area contributed by atoms with Gasteiger partial charge in [-0.2, -0.15) is 0 Å². The first-order valence-corrected chi connectivity index (χ1v) is 17.9. The fourth-order valence-corrected chi connectivity index (χ4v) is 8.53. The maximum Gasteiger partial charge on any atom is 0.147 e. The van der Waals surface area contributed by atoms with E-state index in [4.69, 9.17) is 15.0 Å². The molecule has 0 fully saturated rings. The molecule has 0 aliphatic heterocycles. The molecule has 224 valence electrons. The summed E-state index contributed by atoms with van der Waals surface area (Å²) < 4.78 is 7.49. The number of hydrogen-bond acceptors (Lipinski definition) is 3. The van der Waals surface area contributed by atoms with Crippen LogP contribution in [0, 0.1) is 0 Å². The van der Waals surface area contributed by atoms with Crippen molar-refractivity contribution in [3.05, 3.63) is 37.2 Å². The SMILES string of the molecule is CCCCCC(CC)n1ccnc1P(c1nccn1C(CC)CCCCC)c1nccn1C(CC)CCCCC. The Labute approximate surface area is 246 Å². The van der Waals surface area contributed by atoms with Crippen molar-refractivity contribution in [3.63, 3.8) is 0 Å². The largest absolute Gasteiger partial charge is 0.328 e. The van der Waals surface area contributed by atoms with E-state index >= 15 is 0 Å². The number of rotatable bonds is 21. The molecular formula is C33H57N6P. The second kappa shape index (κ2) is 17.8. The van der Waals surface area contributed by atoms with Crippen LogP contribution in [0.3, 0.4) is 0 Å². The van der Waals surface area contributed by atoms with E-state index in [2.05, 4.69) is 73.8 Å². The quantitative estimate of drug-likeness (QED) is 0.0955. The molecule has 3 heterocycles. The summed E-state index contributed by atoms with van der Waals surface area (Å²) in [4.78, 5) is 15.3. The first kappa shape index (κ1) is 32.6. The van der Waals surface area contributed by atoms with Gasteiger partial charge in [0.05, 0.1) is 0 Å². The van der Waals surface area contributed by atoms with Gasteiger partial charge in [0.1, 0.15) is 24.6 Å². The molecular weight excluding hydrogens is 511 g/mol. The summed E-state index contributed by atoms with van der Waals surface area (Å²) in [5, 5.41) is 0. The molecule has 0 aliphatic carbocycles. The van der Waals surface area contributed by atoms with E-state index in [-0.39, 0.29) is 0 Å². The molecule has 0 saturated heterocycles. The third-order valence-corrected chi connectivity index (χ3v) is 10.8. The lowest BCUT2D eigenvalue weighted by molar-refractivity contribution is 0.435. The molecule has 0 aromatic carbocycles. The molecule has 6 nitrogen and oxygen atoms in total. The minimum Gasteiger partial charge on any atom is -0.328 e. The molecule has 0 radical (unpaired) electrons. The topological polar surface area (TPSA) is 53.5 Å². The van der Waals surface area contributed by atoms with Crippen LogP contribution in [0.4, 0.5) is 0 Å². The monoisotopic (exact) mass is 568 g/mol. The second-order valence-electron chi connectivity index (χ2n) is 11.4. The van der Waals surface area contributed by atoms with Crippen molar-refractivity contribution in [2.75, 3.05) is 0 Å². The van der Waals surface area contributed by atoms with Gasteiger partial charge in [0.25, 0.3) is 0 Å². The van der Waals surface area contributed by atoms with Crippen LogP contribution in [0.2, 0.25) is 0 Å². The summed E-state index contributed by atoms with van der Waals surface area (Å²) in [7, 11) is -1.01. The van der Waals surface area contributed by atoms with Crippen LogP contribution in [-0.4, -0.2) is 28.7 Å². The van der Waals surface area contributed by atoms with Gasteiger partial charge in [0.15, 0.2) is 0 Å². The van der Waals surface area contributed by atoms with Crippen LogP contribution >= 0.6 is 7.92 Å². The highest BCUT2D eigenvalue weighted by atomic mass is 31.1. The van der Waals surface area contributed by atoms with Gasteiger partial charge in [-0.05, 0) is 38.5 Å². The van der Waals surface area contributed by atoms with Gasteiger partial charge in [-0.3, -0.25) is 0 Å². The standard InChI is InChI=1S/C33H57N6P/c1-7-13-16-19-28(10-4)37-25-22-34-31(37)40(32-35-23-26-38(32)29(11-5)20-17-14-8-2)33-36-24-27-39(33)30(12-6)21-18-15-9-3/h22-30H,7-21H2,1-6H3. The molecule has 0 bridgehead atoms. The zero-order valence-corrected chi connectivity index (χ0v) is 27.3. The average Bonchev–Trinajstić information content (AvgIpc) is 3.75. The first-order valence-electron chi connectivity index (χ1n) is 16.5. The predicted molar refractivity (Wildman–Crippen MR) is 173 cm³/mol. The van der Waals surface area contributed by atoms with Crippen LogP contribution in [0.1, 0.15) is 156 Å². The van der Waals surface area contributed by atoms with Crippen molar-refractivity contribution in [3.8, 4) is 0 Å². The Hall–Kier alpha value is -1.94. The molecule has 0 saturated carbocycles. The summed E-state index contributed by atoms with van der Waals surface area (Å²) in [6, 6.07) is 1.37. The van der Waals surface area contributed by atoms with Gasteiger partial charge >= 0.3 is 0 Å². The van der Waals surface area contributed by atoms with Crippen molar-refractivity contribution in [1.29, 1.82) is 0 Å². The fraction of sp³-hybridized carbons (Fsp3) is 0.727. The molecule has 3 aromatic rings. The minimum atomic E-state index is -1.01. The molecule has 0 aliphatic rings. The molecule has 7 heteroatoms. The Balaban J connectivity index is 2.11. The Morgan fingerprint density at radius 3 is 1.05 bits per heavy atom. The van der Waals surface area contributed by atoms with Gasteiger partial charge in [0.2, 0.25) is 0 Å². The Morgan fingerprint density at radius 2 is 0.800 bits per heavy atom. The van der Waals surface area contributed by atoms with Crippen LogP contribution in [-0.2, 0) is 0 Å². The molecule has 40 heavy (non-hydrogen) atoms. The molecule has 0 spiro atoms. The van der Waals surface area contributed by atoms with E-state index in [9.17, 15) is 0 Å². The van der Waals surface area contributed by atoms with E-state index in [1.54, 1.807) is 0 Å². The number of nitrogens with zero attached hydrogens (tertiary/aromatic N) is 6. The number of unbranched alkanes of at least 4 members (excludes halogenated alkanes) is 6. The lowest BCUT2D eigenvalue weighted by Gasteiger charge is -2.28. The van der Waals surface area contributed by atoms with E-state index in [0.29, 0.717) is 18.1 Å². The lowest BCUT2D eigenvalue weighted by atomic mass is 10.1. The highest BCUT2D eigenvalue weighted by Gasteiger charge is 2.33. The second-order valence-corrected chi connectivity index (χ2v) is 13.3. The van der Waals surface area contributed by atoms with Gasteiger partial charge in [-0.15, -0.1) is 0 Å². The average molecular weight is 569 g/mol. The Bertz CT molecular complexity index is 935. The highest BCUT2D eigenvalue weighted by molar-refractivity contribution is 7.78. The molecule has 3 unspecified atom stereocenters. The predicted octanol–water partition coefficient (Wildman–Crippen LogP) is 8.63. The number of imidazole rings is 3. The van der Waals surface area contributed by atoms with Crippen molar-refractivity contribution in [2.45, 2.75) is 156 Å². The molecule has 3 aromatic heterocycles. The highest BCUT2D eigenvalue weighted by Crippen LogP contribution is 2.36. The summed E-state index contributed by atoms with van der Waals surface area (Å²) in [5.74, 6) is 0. The zero-order valence-electron chi connectivity index (χ0n) is 26.4. The summed E-state index contributed by atoms with van der Waals surface area (Å²) in [6.07, 6.45) is 31.1. The Kier molecular flexibility index (Phi) is 14.5. The zero-order chi connectivity index (χ0) is 28.7. The van der Waals surface area contributed by atoms with Gasteiger partial charge < -0.3 is 13.7 Å². The lowest BCUT2D eigenvalue weighted by Crippen LogP contribution is -2.38. The third kappa shape index (κ3) is 8.30. The normalized spacial score (nSPS) is 14.8. The minimum absolute atomic E-state index is 0.457. The van der Waals surface area contributed by atoms with Crippen molar-refractivity contribution in [1.82, 2.24) is 28.7 Å².